The van der Waals surface area contributed by atoms with Crippen LogP contribution in [0.2, 0.25) is 0 Å². The normalized spacial score (nSPS) is 13.5. The van der Waals surface area contributed by atoms with Crippen LogP contribution in [0, 0.1) is 11.6 Å². The zero-order chi connectivity index (χ0) is 24.3. The number of hydrazone groups is 1. The van der Waals surface area contributed by atoms with E-state index < -0.39 is 17.4 Å². The number of aromatic nitrogens is 1. The molecule has 0 aliphatic heterocycles. The maximum atomic E-state index is 14.2. The van der Waals surface area contributed by atoms with Gasteiger partial charge in [-0.05, 0) is 42.8 Å². The third kappa shape index (κ3) is 5.34. The number of hydrazine groups is 1. The summed E-state index contributed by atoms with van der Waals surface area (Å²) < 4.78 is 27.9. The smallest absolute Gasteiger partial charge is 0.183 e. The van der Waals surface area contributed by atoms with Gasteiger partial charge in [0.05, 0.1) is 17.8 Å². The van der Waals surface area contributed by atoms with E-state index >= 15 is 0 Å². The van der Waals surface area contributed by atoms with Gasteiger partial charge in [0.1, 0.15) is 11.5 Å². The van der Waals surface area contributed by atoms with Crippen LogP contribution in [0.4, 0.5) is 26.0 Å². The van der Waals surface area contributed by atoms with Crippen LogP contribution in [0.3, 0.4) is 0 Å². The van der Waals surface area contributed by atoms with Gasteiger partial charge in [-0.1, -0.05) is 18.2 Å². The second-order valence-corrected chi connectivity index (χ2v) is 7.81. The number of hydrogen-bond donors (Lipinski definition) is 5. The van der Waals surface area contributed by atoms with Crippen molar-refractivity contribution in [1.82, 2.24) is 4.98 Å². The lowest BCUT2D eigenvalue weighted by molar-refractivity contribution is 0.0754. The van der Waals surface area contributed by atoms with Crippen molar-refractivity contribution >= 4 is 23.0 Å². The second kappa shape index (κ2) is 9.36. The standard InChI is InChI=1S/C22H26F2N8O/c1-22(26,33)12-31(2)15-8-6-13(7-9-15)14-10-16(20(25)29-11-14)21(30-27)32(28)18-5-3-4-17(23)19(18)24/h3-11,33H,12,26-28H2,1-2H3,(H2,25,29)/b30-21-. The highest BCUT2D eigenvalue weighted by molar-refractivity contribution is 6.12. The molecule has 1 unspecified atom stereocenters. The number of benzene rings is 2. The SMILES string of the molecule is CN(CC(C)(N)O)c1ccc(-c2cnc(N)c(/C(=N/N)N(N)c3cccc(F)c3F)c2)cc1. The Labute approximate surface area is 189 Å². The fourth-order valence-corrected chi connectivity index (χ4v) is 3.35. The van der Waals surface area contributed by atoms with Crippen LogP contribution in [0.5, 0.6) is 0 Å². The summed E-state index contributed by atoms with van der Waals surface area (Å²) in [7, 11) is 1.81. The third-order valence-corrected chi connectivity index (χ3v) is 4.90. The fourth-order valence-electron chi connectivity index (χ4n) is 3.35. The molecule has 3 aromatic rings. The molecule has 0 aliphatic carbocycles. The molecule has 0 fully saturated rings. The van der Waals surface area contributed by atoms with E-state index in [-0.39, 0.29) is 29.4 Å². The van der Waals surface area contributed by atoms with Gasteiger partial charge in [-0.15, -0.1) is 0 Å². The van der Waals surface area contributed by atoms with Gasteiger partial charge in [0.25, 0.3) is 0 Å². The highest BCUT2D eigenvalue weighted by Gasteiger charge is 2.21. The van der Waals surface area contributed by atoms with Crippen molar-refractivity contribution in [2.45, 2.75) is 12.6 Å². The topological polar surface area (TPSA) is 156 Å². The number of anilines is 3. The molecule has 1 aromatic heterocycles. The molecule has 0 bridgehead atoms. The van der Waals surface area contributed by atoms with E-state index in [4.69, 9.17) is 23.2 Å². The summed E-state index contributed by atoms with van der Waals surface area (Å²) in [5.74, 6) is 9.26. The van der Waals surface area contributed by atoms with E-state index in [1.165, 1.54) is 19.1 Å². The number of nitrogen functional groups attached to an aromatic ring is 1. The molecule has 33 heavy (non-hydrogen) atoms. The van der Waals surface area contributed by atoms with Crippen molar-refractivity contribution in [1.29, 1.82) is 0 Å². The first-order valence-electron chi connectivity index (χ1n) is 9.87. The number of halogens is 2. The Morgan fingerprint density at radius 2 is 1.82 bits per heavy atom. The molecular weight excluding hydrogens is 430 g/mol. The van der Waals surface area contributed by atoms with E-state index in [2.05, 4.69) is 10.1 Å². The van der Waals surface area contributed by atoms with Gasteiger partial charge >= 0.3 is 0 Å². The van der Waals surface area contributed by atoms with Gasteiger partial charge in [0.15, 0.2) is 17.5 Å². The molecule has 0 spiro atoms. The number of aliphatic hydroxyl groups is 1. The Hall–Kier alpha value is -3.80. The monoisotopic (exact) mass is 456 g/mol. The number of rotatable bonds is 6. The zero-order valence-electron chi connectivity index (χ0n) is 18.2. The molecule has 1 atom stereocenters. The van der Waals surface area contributed by atoms with Crippen molar-refractivity contribution in [2.24, 2.45) is 22.5 Å². The minimum Gasteiger partial charge on any atom is -0.383 e. The molecule has 0 saturated carbocycles. The van der Waals surface area contributed by atoms with Crippen LogP contribution in [0.15, 0.2) is 59.8 Å². The summed E-state index contributed by atoms with van der Waals surface area (Å²) in [5, 5.41) is 14.3. The Morgan fingerprint density at radius 1 is 1.15 bits per heavy atom. The first-order chi connectivity index (χ1) is 15.5. The third-order valence-electron chi connectivity index (χ3n) is 4.90. The Bertz CT molecular complexity index is 1160. The molecule has 9 N–H and O–H groups in total. The maximum absolute atomic E-state index is 14.2. The second-order valence-electron chi connectivity index (χ2n) is 7.81. The molecule has 3 rings (SSSR count). The maximum Gasteiger partial charge on any atom is 0.183 e. The first kappa shape index (κ1) is 23.9. The van der Waals surface area contributed by atoms with Gasteiger partial charge in [-0.2, -0.15) is 5.10 Å². The van der Waals surface area contributed by atoms with Crippen molar-refractivity contribution in [3.05, 3.63) is 71.9 Å². The minimum absolute atomic E-state index is 0.0525. The summed E-state index contributed by atoms with van der Waals surface area (Å²) in [5.41, 5.74) is 12.6. The largest absolute Gasteiger partial charge is 0.383 e. The number of nitrogens with zero attached hydrogens (tertiary/aromatic N) is 4. The van der Waals surface area contributed by atoms with Crippen molar-refractivity contribution in [3.8, 4) is 11.1 Å². The number of amidine groups is 1. The summed E-state index contributed by atoms with van der Waals surface area (Å²) >= 11 is 0. The van der Waals surface area contributed by atoms with E-state index in [1.54, 1.807) is 12.3 Å². The highest BCUT2D eigenvalue weighted by Crippen LogP contribution is 2.27. The predicted molar refractivity (Wildman–Crippen MR) is 126 cm³/mol. The van der Waals surface area contributed by atoms with Gasteiger partial charge in [-0.25, -0.2) is 19.6 Å². The van der Waals surface area contributed by atoms with Crippen LogP contribution in [-0.4, -0.2) is 35.2 Å². The molecule has 1 heterocycles. The van der Waals surface area contributed by atoms with E-state index in [0.29, 0.717) is 5.56 Å². The summed E-state index contributed by atoms with van der Waals surface area (Å²) in [6.45, 7) is 1.76. The van der Waals surface area contributed by atoms with E-state index in [1.807, 2.05) is 36.2 Å². The van der Waals surface area contributed by atoms with E-state index in [0.717, 1.165) is 22.3 Å². The van der Waals surface area contributed by atoms with Crippen LogP contribution in [-0.2, 0) is 0 Å². The lowest BCUT2D eigenvalue weighted by Gasteiger charge is -2.27. The van der Waals surface area contributed by atoms with Crippen LogP contribution in [0.25, 0.3) is 11.1 Å². The predicted octanol–water partition coefficient (Wildman–Crippen LogP) is 1.71. The molecule has 9 nitrogen and oxygen atoms in total. The molecule has 0 aliphatic rings. The summed E-state index contributed by atoms with van der Waals surface area (Å²) in [6.07, 6.45) is 1.56. The molecular formula is C22H26F2N8O. The molecule has 2 aromatic carbocycles. The number of nitrogens with two attached hydrogens (primary N) is 4. The number of hydrogen-bond acceptors (Lipinski definition) is 8. The van der Waals surface area contributed by atoms with Crippen molar-refractivity contribution in [3.63, 3.8) is 0 Å². The van der Waals surface area contributed by atoms with Gasteiger partial charge in [0, 0.05) is 24.5 Å². The van der Waals surface area contributed by atoms with Gasteiger partial charge in [0.2, 0.25) is 0 Å². The first-order valence-corrected chi connectivity index (χ1v) is 9.87. The Kier molecular flexibility index (Phi) is 6.77. The van der Waals surface area contributed by atoms with Gasteiger partial charge in [-0.3, -0.25) is 5.01 Å². The van der Waals surface area contributed by atoms with Crippen LogP contribution in [0.1, 0.15) is 12.5 Å². The molecule has 0 amide bonds. The van der Waals surface area contributed by atoms with Crippen molar-refractivity contribution in [2.75, 3.05) is 29.2 Å². The lowest BCUT2D eigenvalue weighted by Crippen LogP contribution is -2.46. The van der Waals surface area contributed by atoms with Crippen LogP contribution < -0.4 is 33.1 Å². The molecule has 0 radical (unpaired) electrons. The molecule has 174 valence electrons. The van der Waals surface area contributed by atoms with Crippen LogP contribution >= 0.6 is 0 Å². The van der Waals surface area contributed by atoms with Crippen molar-refractivity contribution < 1.29 is 13.9 Å². The quantitative estimate of drug-likeness (QED) is 0.123. The fraction of sp³-hybridized carbons (Fsp3) is 0.182. The number of likely N-dealkylation sites (N-methyl/N-ethyl adjacent to an activating group) is 1. The van der Waals surface area contributed by atoms with E-state index in [9.17, 15) is 13.9 Å². The minimum atomic E-state index is -1.34. The zero-order valence-corrected chi connectivity index (χ0v) is 18.2. The number of pyridine rings is 1. The Balaban J connectivity index is 1.94. The molecule has 11 heteroatoms. The molecule has 0 saturated heterocycles. The average Bonchev–Trinajstić information content (AvgIpc) is 2.76. The summed E-state index contributed by atoms with van der Waals surface area (Å²) in [4.78, 5) is 5.99. The summed E-state index contributed by atoms with van der Waals surface area (Å²) in [6, 6.07) is 12.6. The Morgan fingerprint density at radius 3 is 2.42 bits per heavy atom. The average molecular weight is 457 g/mol. The highest BCUT2D eigenvalue weighted by atomic mass is 19.2. The lowest BCUT2D eigenvalue weighted by atomic mass is 10.0. The van der Waals surface area contributed by atoms with Gasteiger partial charge < -0.3 is 27.3 Å².